The summed E-state index contributed by atoms with van der Waals surface area (Å²) in [5.41, 5.74) is 1.33. The molecule has 2 N–H and O–H groups in total. The largest absolute Gasteiger partial charge is 0.465 e. The molecule has 3 aromatic rings. The first kappa shape index (κ1) is 12.2. The Balaban J connectivity index is 1.80. The van der Waals surface area contributed by atoms with Gasteiger partial charge in [0.05, 0.1) is 22.5 Å². The number of non-ortho nitro benzene ring substituents is 1. The molecular weight excluding hydrogens is 260 g/mol. The van der Waals surface area contributed by atoms with Gasteiger partial charge in [-0.1, -0.05) is 0 Å². The molecule has 0 saturated carbocycles. The van der Waals surface area contributed by atoms with E-state index in [1.807, 2.05) is 19.1 Å². The maximum atomic E-state index is 10.7. The maximum Gasteiger partial charge on any atom is 0.271 e. The predicted molar refractivity (Wildman–Crippen MR) is 73.5 cm³/mol. The van der Waals surface area contributed by atoms with Crippen LogP contribution in [0.1, 0.15) is 11.5 Å². The molecule has 3 rings (SSSR count). The number of hydrogen-bond acceptors (Lipinski definition) is 5. The van der Waals surface area contributed by atoms with Gasteiger partial charge < -0.3 is 14.7 Å². The molecule has 20 heavy (non-hydrogen) atoms. The van der Waals surface area contributed by atoms with Crippen molar-refractivity contribution >= 4 is 22.7 Å². The summed E-state index contributed by atoms with van der Waals surface area (Å²) in [4.78, 5) is 17.6. The quantitative estimate of drug-likeness (QED) is 0.562. The molecule has 2 heterocycles. The first-order valence-corrected chi connectivity index (χ1v) is 6.05. The summed E-state index contributed by atoms with van der Waals surface area (Å²) < 4.78 is 5.44. The van der Waals surface area contributed by atoms with E-state index in [1.54, 1.807) is 6.07 Å². The number of nitro benzene ring substituents is 1. The second kappa shape index (κ2) is 4.69. The lowest BCUT2D eigenvalue weighted by molar-refractivity contribution is -0.384. The Hall–Kier alpha value is -2.83. The number of H-pyrrole nitrogens is 1. The van der Waals surface area contributed by atoms with Gasteiger partial charge in [0, 0.05) is 12.1 Å². The minimum absolute atomic E-state index is 0.0364. The summed E-state index contributed by atoms with van der Waals surface area (Å²) in [5.74, 6) is 2.20. The smallest absolute Gasteiger partial charge is 0.271 e. The van der Waals surface area contributed by atoms with Crippen molar-refractivity contribution in [2.24, 2.45) is 0 Å². The molecule has 0 fully saturated rings. The zero-order valence-corrected chi connectivity index (χ0v) is 10.7. The number of hydrogen-bond donors (Lipinski definition) is 2. The molecule has 102 valence electrons. The highest BCUT2D eigenvalue weighted by Crippen LogP contribution is 2.20. The number of benzene rings is 1. The fourth-order valence-electron chi connectivity index (χ4n) is 1.95. The van der Waals surface area contributed by atoms with E-state index in [1.165, 1.54) is 12.1 Å². The fourth-order valence-corrected chi connectivity index (χ4v) is 1.95. The van der Waals surface area contributed by atoms with Crippen LogP contribution in [0.3, 0.4) is 0 Å². The van der Waals surface area contributed by atoms with Crippen LogP contribution < -0.4 is 5.32 Å². The number of imidazole rings is 1. The molecule has 0 atom stereocenters. The van der Waals surface area contributed by atoms with Gasteiger partial charge >= 0.3 is 0 Å². The Kier molecular flexibility index (Phi) is 2.86. The van der Waals surface area contributed by atoms with Gasteiger partial charge in [0.15, 0.2) is 0 Å². The molecule has 0 aliphatic heterocycles. The molecule has 0 radical (unpaired) electrons. The topological polar surface area (TPSA) is 97.0 Å². The molecule has 7 nitrogen and oxygen atoms in total. The van der Waals surface area contributed by atoms with E-state index in [0.717, 1.165) is 11.5 Å². The van der Waals surface area contributed by atoms with Crippen LogP contribution in [0.15, 0.2) is 34.7 Å². The highest BCUT2D eigenvalue weighted by atomic mass is 16.6. The number of nitrogens with one attached hydrogen (secondary N) is 2. The number of rotatable bonds is 4. The number of nitro groups is 1. The molecule has 0 amide bonds. The Morgan fingerprint density at radius 2 is 2.25 bits per heavy atom. The van der Waals surface area contributed by atoms with Gasteiger partial charge in [0.2, 0.25) is 5.95 Å². The number of fused-ring (bicyclic) bond motifs is 1. The lowest BCUT2D eigenvalue weighted by Crippen LogP contribution is -1.99. The zero-order valence-electron chi connectivity index (χ0n) is 10.7. The van der Waals surface area contributed by atoms with Gasteiger partial charge in [-0.3, -0.25) is 10.1 Å². The third-order valence-electron chi connectivity index (χ3n) is 2.90. The lowest BCUT2D eigenvalue weighted by Gasteiger charge is -1.98. The molecule has 0 aliphatic carbocycles. The van der Waals surface area contributed by atoms with Gasteiger partial charge in [-0.05, 0) is 25.1 Å². The first-order valence-electron chi connectivity index (χ1n) is 6.05. The standard InChI is InChI=1S/C13H12N4O3/c1-8-2-4-10(20-8)7-14-13-15-11-5-3-9(17(18)19)6-12(11)16-13/h2-6H,7H2,1H3,(H2,14,15,16). The van der Waals surface area contributed by atoms with Gasteiger partial charge in [-0.25, -0.2) is 4.98 Å². The molecule has 0 unspecified atom stereocenters. The lowest BCUT2D eigenvalue weighted by atomic mass is 10.3. The molecule has 0 bridgehead atoms. The van der Waals surface area contributed by atoms with Gasteiger partial charge in [-0.15, -0.1) is 0 Å². The molecule has 2 aromatic heterocycles. The van der Waals surface area contributed by atoms with Crippen molar-refractivity contribution < 1.29 is 9.34 Å². The van der Waals surface area contributed by atoms with Crippen molar-refractivity contribution in [3.05, 3.63) is 52.0 Å². The predicted octanol–water partition coefficient (Wildman–Crippen LogP) is 2.98. The Morgan fingerprint density at radius 3 is 2.95 bits per heavy atom. The van der Waals surface area contributed by atoms with Gasteiger partial charge in [-0.2, -0.15) is 0 Å². The third kappa shape index (κ3) is 2.33. The number of nitrogens with zero attached hydrogens (tertiary/aromatic N) is 2. The van der Waals surface area contributed by atoms with Crippen molar-refractivity contribution in [3.8, 4) is 0 Å². The van der Waals surface area contributed by atoms with Crippen LogP contribution in [0.2, 0.25) is 0 Å². The van der Waals surface area contributed by atoms with E-state index in [9.17, 15) is 10.1 Å². The third-order valence-corrected chi connectivity index (χ3v) is 2.90. The monoisotopic (exact) mass is 272 g/mol. The Labute approximate surface area is 113 Å². The summed E-state index contributed by atoms with van der Waals surface area (Å²) in [7, 11) is 0. The summed E-state index contributed by atoms with van der Waals surface area (Å²) >= 11 is 0. The minimum atomic E-state index is -0.432. The molecule has 0 aliphatic rings. The highest BCUT2D eigenvalue weighted by molar-refractivity contribution is 5.79. The molecule has 0 saturated heterocycles. The first-order chi connectivity index (χ1) is 9.61. The Bertz CT molecular complexity index is 775. The van der Waals surface area contributed by atoms with Crippen molar-refractivity contribution in [1.29, 1.82) is 0 Å². The van der Waals surface area contributed by atoms with Crippen molar-refractivity contribution in [1.82, 2.24) is 9.97 Å². The van der Waals surface area contributed by atoms with Crippen LogP contribution in [0.5, 0.6) is 0 Å². The molecule has 0 spiro atoms. The molecular formula is C13H12N4O3. The van der Waals surface area contributed by atoms with Crippen LogP contribution in [0.4, 0.5) is 11.6 Å². The Morgan fingerprint density at radius 1 is 1.40 bits per heavy atom. The second-order valence-corrected chi connectivity index (χ2v) is 4.41. The van der Waals surface area contributed by atoms with Gasteiger partial charge in [0.1, 0.15) is 11.5 Å². The van der Waals surface area contributed by atoms with Crippen LogP contribution in [0.25, 0.3) is 11.0 Å². The van der Waals surface area contributed by atoms with E-state index in [-0.39, 0.29) is 5.69 Å². The molecule has 1 aromatic carbocycles. The van der Waals surface area contributed by atoms with Gasteiger partial charge in [0.25, 0.3) is 5.69 Å². The van der Waals surface area contributed by atoms with Crippen molar-refractivity contribution in [2.75, 3.05) is 5.32 Å². The normalized spacial score (nSPS) is 10.8. The van der Waals surface area contributed by atoms with E-state index < -0.39 is 4.92 Å². The summed E-state index contributed by atoms with van der Waals surface area (Å²) in [5, 5.41) is 13.8. The maximum absolute atomic E-state index is 10.7. The number of anilines is 1. The number of furan rings is 1. The zero-order chi connectivity index (χ0) is 14.1. The number of aromatic amines is 1. The summed E-state index contributed by atoms with van der Waals surface area (Å²) in [6.07, 6.45) is 0. The van der Waals surface area contributed by atoms with E-state index in [4.69, 9.17) is 4.42 Å². The van der Waals surface area contributed by atoms with Crippen LogP contribution in [-0.4, -0.2) is 14.9 Å². The summed E-state index contributed by atoms with van der Waals surface area (Å²) in [6, 6.07) is 8.29. The average molecular weight is 272 g/mol. The fraction of sp³-hybridized carbons (Fsp3) is 0.154. The average Bonchev–Trinajstić information content (AvgIpc) is 3.00. The highest BCUT2D eigenvalue weighted by Gasteiger charge is 2.09. The van der Waals surface area contributed by atoms with Crippen LogP contribution in [-0.2, 0) is 6.54 Å². The van der Waals surface area contributed by atoms with Crippen molar-refractivity contribution in [3.63, 3.8) is 0 Å². The SMILES string of the molecule is Cc1ccc(CNc2nc3ccc([N+](=O)[O-])cc3[nH]2)o1. The van der Waals surface area contributed by atoms with Crippen LogP contribution in [0, 0.1) is 17.0 Å². The van der Waals surface area contributed by atoms with Crippen LogP contribution >= 0.6 is 0 Å². The number of aryl methyl sites for hydroxylation is 1. The molecule has 7 heteroatoms. The van der Waals surface area contributed by atoms with Crippen molar-refractivity contribution in [2.45, 2.75) is 13.5 Å². The van der Waals surface area contributed by atoms with E-state index in [0.29, 0.717) is 23.5 Å². The second-order valence-electron chi connectivity index (χ2n) is 4.41. The number of aromatic nitrogens is 2. The summed E-state index contributed by atoms with van der Waals surface area (Å²) in [6.45, 7) is 2.37. The van der Waals surface area contributed by atoms with E-state index in [2.05, 4.69) is 15.3 Å². The minimum Gasteiger partial charge on any atom is -0.465 e. The van der Waals surface area contributed by atoms with E-state index >= 15 is 0 Å².